The fourth-order valence-electron chi connectivity index (χ4n) is 2.14. The van der Waals surface area contributed by atoms with E-state index in [2.05, 4.69) is 29.1 Å². The van der Waals surface area contributed by atoms with Gasteiger partial charge in [0.15, 0.2) is 0 Å². The van der Waals surface area contributed by atoms with Crippen molar-refractivity contribution >= 4 is 0 Å². The molecule has 2 heterocycles. The van der Waals surface area contributed by atoms with E-state index in [1.54, 1.807) is 18.7 Å². The molecule has 0 saturated heterocycles. The van der Waals surface area contributed by atoms with Gasteiger partial charge < -0.3 is 9.73 Å². The molecule has 0 saturated carbocycles. The second-order valence-corrected chi connectivity index (χ2v) is 4.60. The van der Waals surface area contributed by atoms with Crippen LogP contribution in [0, 0.1) is 6.92 Å². The molecule has 0 spiro atoms. The third-order valence-corrected chi connectivity index (χ3v) is 2.95. The Bertz CT molecular complexity index is 482. The topological polar surface area (TPSA) is 51.0 Å². The van der Waals surface area contributed by atoms with Crippen LogP contribution < -0.4 is 5.32 Å². The largest absolute Gasteiger partial charge is 0.469 e. The maximum absolute atomic E-state index is 5.35. The minimum atomic E-state index is 0.184. The summed E-state index contributed by atoms with van der Waals surface area (Å²) in [4.78, 5) is 8.64. The SMILES string of the molecule is Cc1nccnc1C(C)NC(C)Cc1ccco1. The normalized spacial score (nSPS) is 14.4. The Morgan fingerprint density at radius 2 is 2.06 bits per heavy atom. The number of furan rings is 1. The Kier molecular flexibility index (Phi) is 4.10. The molecule has 2 aromatic heterocycles. The van der Waals surface area contributed by atoms with Gasteiger partial charge in [0.05, 0.1) is 17.7 Å². The maximum atomic E-state index is 5.35. The highest BCUT2D eigenvalue weighted by molar-refractivity contribution is 5.12. The predicted octanol–water partition coefficient (Wildman–Crippen LogP) is 2.66. The van der Waals surface area contributed by atoms with Crippen LogP contribution in [0.2, 0.25) is 0 Å². The molecule has 1 N–H and O–H groups in total. The fourth-order valence-corrected chi connectivity index (χ4v) is 2.14. The molecule has 0 aliphatic carbocycles. The van der Waals surface area contributed by atoms with Gasteiger partial charge in [-0.25, -0.2) is 0 Å². The first-order chi connectivity index (χ1) is 8.66. The first kappa shape index (κ1) is 12.8. The van der Waals surface area contributed by atoms with E-state index in [-0.39, 0.29) is 6.04 Å². The lowest BCUT2D eigenvalue weighted by molar-refractivity contribution is 0.424. The summed E-state index contributed by atoms with van der Waals surface area (Å²) in [6.07, 6.45) is 6.03. The van der Waals surface area contributed by atoms with Crippen LogP contribution in [0.1, 0.15) is 37.0 Å². The molecule has 96 valence electrons. The van der Waals surface area contributed by atoms with Crippen molar-refractivity contribution in [1.29, 1.82) is 0 Å². The van der Waals surface area contributed by atoms with Gasteiger partial charge in [0, 0.05) is 30.9 Å². The van der Waals surface area contributed by atoms with Crippen molar-refractivity contribution < 1.29 is 4.42 Å². The zero-order chi connectivity index (χ0) is 13.0. The number of nitrogens with one attached hydrogen (secondary N) is 1. The van der Waals surface area contributed by atoms with Gasteiger partial charge in [-0.3, -0.25) is 9.97 Å². The Hall–Kier alpha value is -1.68. The standard InChI is InChI=1S/C14H19N3O/c1-10(9-13-5-4-8-18-13)17-12(3)14-11(2)15-6-7-16-14/h4-8,10,12,17H,9H2,1-3H3. The third-order valence-electron chi connectivity index (χ3n) is 2.95. The van der Waals surface area contributed by atoms with E-state index in [0.29, 0.717) is 6.04 Å². The Morgan fingerprint density at radius 3 is 2.72 bits per heavy atom. The van der Waals surface area contributed by atoms with Crippen LogP contribution in [0.5, 0.6) is 0 Å². The molecule has 0 aliphatic rings. The van der Waals surface area contributed by atoms with E-state index in [4.69, 9.17) is 4.42 Å². The third kappa shape index (κ3) is 3.17. The first-order valence-electron chi connectivity index (χ1n) is 6.22. The molecule has 4 heteroatoms. The molecule has 0 radical (unpaired) electrons. The van der Waals surface area contributed by atoms with Gasteiger partial charge in [-0.2, -0.15) is 0 Å². The highest BCUT2D eigenvalue weighted by Crippen LogP contribution is 2.14. The van der Waals surface area contributed by atoms with E-state index in [0.717, 1.165) is 23.6 Å². The predicted molar refractivity (Wildman–Crippen MR) is 70.2 cm³/mol. The summed E-state index contributed by atoms with van der Waals surface area (Å²) in [5.41, 5.74) is 1.98. The summed E-state index contributed by atoms with van der Waals surface area (Å²) < 4.78 is 5.35. The van der Waals surface area contributed by atoms with Crippen LogP contribution in [-0.2, 0) is 6.42 Å². The van der Waals surface area contributed by atoms with E-state index in [1.807, 2.05) is 19.1 Å². The zero-order valence-corrected chi connectivity index (χ0v) is 11.1. The fraction of sp³-hybridized carbons (Fsp3) is 0.429. The summed E-state index contributed by atoms with van der Waals surface area (Å²) in [6.45, 7) is 6.23. The summed E-state index contributed by atoms with van der Waals surface area (Å²) in [7, 11) is 0. The van der Waals surface area contributed by atoms with Crippen molar-refractivity contribution in [2.24, 2.45) is 0 Å². The molecule has 0 aliphatic heterocycles. The lowest BCUT2D eigenvalue weighted by Gasteiger charge is -2.19. The molecule has 4 nitrogen and oxygen atoms in total. The van der Waals surface area contributed by atoms with E-state index in [1.165, 1.54) is 0 Å². The van der Waals surface area contributed by atoms with Crippen LogP contribution >= 0.6 is 0 Å². The Labute approximate surface area is 107 Å². The number of rotatable bonds is 5. The minimum Gasteiger partial charge on any atom is -0.469 e. The van der Waals surface area contributed by atoms with Crippen molar-refractivity contribution in [1.82, 2.24) is 15.3 Å². The van der Waals surface area contributed by atoms with Crippen LogP contribution in [0.25, 0.3) is 0 Å². The number of nitrogens with zero attached hydrogens (tertiary/aromatic N) is 2. The van der Waals surface area contributed by atoms with E-state index < -0.39 is 0 Å². The van der Waals surface area contributed by atoms with E-state index in [9.17, 15) is 0 Å². The lowest BCUT2D eigenvalue weighted by Crippen LogP contribution is -2.31. The molecule has 0 amide bonds. The first-order valence-corrected chi connectivity index (χ1v) is 6.22. The lowest BCUT2D eigenvalue weighted by atomic mass is 10.1. The van der Waals surface area contributed by atoms with E-state index >= 15 is 0 Å². The molecule has 2 atom stereocenters. The molecule has 0 fully saturated rings. The summed E-state index contributed by atoms with van der Waals surface area (Å²) in [5, 5.41) is 3.51. The summed E-state index contributed by atoms with van der Waals surface area (Å²) in [6, 6.07) is 4.42. The van der Waals surface area contributed by atoms with Crippen molar-refractivity contribution in [2.45, 2.75) is 39.3 Å². The number of hydrogen-bond donors (Lipinski definition) is 1. The summed E-state index contributed by atoms with van der Waals surface area (Å²) in [5.74, 6) is 0.998. The molecule has 0 bridgehead atoms. The molecule has 18 heavy (non-hydrogen) atoms. The highest BCUT2D eigenvalue weighted by Gasteiger charge is 2.14. The molecule has 2 rings (SSSR count). The zero-order valence-electron chi connectivity index (χ0n) is 11.1. The Morgan fingerprint density at radius 1 is 1.28 bits per heavy atom. The molecular weight excluding hydrogens is 226 g/mol. The van der Waals surface area contributed by atoms with Gasteiger partial charge in [-0.15, -0.1) is 0 Å². The second kappa shape index (κ2) is 5.78. The van der Waals surface area contributed by atoms with Gasteiger partial charge in [0.1, 0.15) is 5.76 Å². The van der Waals surface area contributed by atoms with Crippen molar-refractivity contribution in [3.05, 3.63) is 47.9 Å². The average molecular weight is 245 g/mol. The van der Waals surface area contributed by atoms with Crippen LogP contribution in [-0.4, -0.2) is 16.0 Å². The average Bonchev–Trinajstić information content (AvgIpc) is 2.82. The maximum Gasteiger partial charge on any atom is 0.105 e. The van der Waals surface area contributed by atoms with Crippen molar-refractivity contribution in [3.8, 4) is 0 Å². The van der Waals surface area contributed by atoms with Crippen LogP contribution in [0.15, 0.2) is 35.2 Å². The molecule has 2 aromatic rings. The monoisotopic (exact) mass is 245 g/mol. The minimum absolute atomic E-state index is 0.184. The quantitative estimate of drug-likeness (QED) is 0.879. The number of aromatic nitrogens is 2. The van der Waals surface area contributed by atoms with Gasteiger partial charge in [-0.1, -0.05) is 0 Å². The van der Waals surface area contributed by atoms with Gasteiger partial charge >= 0.3 is 0 Å². The molecular formula is C14H19N3O. The van der Waals surface area contributed by atoms with Crippen LogP contribution in [0.3, 0.4) is 0 Å². The molecule has 2 unspecified atom stereocenters. The van der Waals surface area contributed by atoms with Crippen molar-refractivity contribution in [3.63, 3.8) is 0 Å². The second-order valence-electron chi connectivity index (χ2n) is 4.60. The van der Waals surface area contributed by atoms with Crippen molar-refractivity contribution in [2.75, 3.05) is 0 Å². The number of aryl methyl sites for hydroxylation is 1. The highest BCUT2D eigenvalue weighted by atomic mass is 16.3. The van der Waals surface area contributed by atoms with Crippen LogP contribution in [0.4, 0.5) is 0 Å². The van der Waals surface area contributed by atoms with Gasteiger partial charge in [0.2, 0.25) is 0 Å². The van der Waals surface area contributed by atoms with Gasteiger partial charge in [0.25, 0.3) is 0 Å². The molecule has 0 aromatic carbocycles. The van der Waals surface area contributed by atoms with Gasteiger partial charge in [-0.05, 0) is 32.9 Å². The smallest absolute Gasteiger partial charge is 0.105 e. The Balaban J connectivity index is 1.95. The number of hydrogen-bond acceptors (Lipinski definition) is 4. The summed E-state index contributed by atoms with van der Waals surface area (Å²) >= 11 is 0.